The molecular weight excluding hydrogens is 267 g/mol. The summed E-state index contributed by atoms with van der Waals surface area (Å²) in [7, 11) is 0. The molecule has 0 amide bonds. The Bertz CT molecular complexity index is 446. The van der Waals surface area contributed by atoms with Crippen molar-refractivity contribution in [3.63, 3.8) is 0 Å². The number of nitrogens with one attached hydrogen (secondary N) is 1. The molecule has 1 N–H and O–H groups in total. The van der Waals surface area contributed by atoms with Crippen molar-refractivity contribution in [1.29, 1.82) is 0 Å². The Hall–Kier alpha value is -0.440. The van der Waals surface area contributed by atoms with Gasteiger partial charge in [-0.1, -0.05) is 17.7 Å². The fraction of sp³-hybridized carbons (Fsp3) is 0.571. The molecule has 1 aromatic rings. The lowest BCUT2D eigenvalue weighted by Gasteiger charge is -2.25. The molecule has 100 valence electrons. The van der Waals surface area contributed by atoms with E-state index in [-0.39, 0.29) is 12.4 Å². The van der Waals surface area contributed by atoms with E-state index in [1.807, 2.05) is 0 Å². The van der Waals surface area contributed by atoms with Crippen LogP contribution >= 0.6 is 24.0 Å². The Balaban J connectivity index is 0.00000120. The zero-order valence-corrected chi connectivity index (χ0v) is 12.4. The van der Waals surface area contributed by atoms with Crippen LogP contribution < -0.4 is 10.2 Å². The predicted octanol–water partition coefficient (Wildman–Crippen LogP) is 3.22. The van der Waals surface area contributed by atoms with E-state index in [0.29, 0.717) is 12.0 Å². The summed E-state index contributed by atoms with van der Waals surface area (Å²) in [5.41, 5.74) is 4.30. The summed E-state index contributed by atoms with van der Waals surface area (Å²) in [6, 6.07) is 4.80. The van der Waals surface area contributed by atoms with E-state index in [1.54, 1.807) is 0 Å². The van der Waals surface area contributed by atoms with Gasteiger partial charge in [0.1, 0.15) is 0 Å². The third kappa shape index (κ3) is 2.11. The fourth-order valence-corrected chi connectivity index (χ4v) is 3.42. The number of hydrogen-bond acceptors (Lipinski definition) is 2. The summed E-state index contributed by atoms with van der Waals surface area (Å²) in [5.74, 6) is 0.614. The molecule has 0 saturated carbocycles. The molecule has 4 heteroatoms. The number of anilines is 1. The monoisotopic (exact) mass is 286 g/mol. The topological polar surface area (TPSA) is 15.3 Å². The van der Waals surface area contributed by atoms with Crippen LogP contribution in [0.4, 0.5) is 5.69 Å². The van der Waals surface area contributed by atoms with E-state index in [1.165, 1.54) is 16.8 Å². The van der Waals surface area contributed by atoms with Gasteiger partial charge in [0.25, 0.3) is 0 Å². The summed E-state index contributed by atoms with van der Waals surface area (Å²) in [5, 5.41) is 4.46. The minimum absolute atomic E-state index is 0. The van der Waals surface area contributed by atoms with Gasteiger partial charge in [-0.05, 0) is 44.0 Å². The van der Waals surface area contributed by atoms with Gasteiger partial charge in [-0.25, -0.2) is 0 Å². The van der Waals surface area contributed by atoms with Crippen LogP contribution in [0.5, 0.6) is 0 Å². The largest absolute Gasteiger partial charge is 0.367 e. The maximum Gasteiger partial charge on any atom is 0.0642 e. The van der Waals surface area contributed by atoms with Gasteiger partial charge in [0.15, 0.2) is 0 Å². The maximum absolute atomic E-state index is 6.42. The van der Waals surface area contributed by atoms with E-state index in [4.69, 9.17) is 11.6 Å². The normalized spacial score (nSPS) is 21.6. The van der Waals surface area contributed by atoms with Crippen molar-refractivity contribution in [3.05, 3.63) is 28.3 Å². The molecule has 2 nitrogen and oxygen atoms in total. The summed E-state index contributed by atoms with van der Waals surface area (Å²) < 4.78 is 0. The summed E-state index contributed by atoms with van der Waals surface area (Å²) in [6.07, 6.45) is 1.13. The molecule has 18 heavy (non-hydrogen) atoms. The SMILES string of the molecule is CC(C)N1CC2CNCCc3ccc(Cl)c1c32.Cl. The van der Waals surface area contributed by atoms with Crippen LogP contribution in [0.15, 0.2) is 12.1 Å². The van der Waals surface area contributed by atoms with Crippen molar-refractivity contribution in [2.24, 2.45) is 0 Å². The maximum atomic E-state index is 6.42. The molecule has 1 unspecified atom stereocenters. The van der Waals surface area contributed by atoms with Crippen LogP contribution in [0.2, 0.25) is 5.02 Å². The van der Waals surface area contributed by atoms with E-state index in [9.17, 15) is 0 Å². The Kier molecular flexibility index (Phi) is 4.10. The van der Waals surface area contributed by atoms with E-state index in [0.717, 1.165) is 31.1 Å². The summed E-state index contributed by atoms with van der Waals surface area (Å²) >= 11 is 6.42. The summed E-state index contributed by atoms with van der Waals surface area (Å²) in [6.45, 7) is 7.77. The lowest BCUT2D eigenvalue weighted by Crippen LogP contribution is -2.32. The van der Waals surface area contributed by atoms with Gasteiger partial charge in [0, 0.05) is 25.0 Å². The average molecular weight is 287 g/mol. The zero-order valence-electron chi connectivity index (χ0n) is 10.9. The molecule has 2 aliphatic rings. The average Bonchev–Trinajstić information content (AvgIpc) is 2.57. The van der Waals surface area contributed by atoms with Crippen molar-refractivity contribution in [2.45, 2.75) is 32.2 Å². The molecule has 0 aromatic heterocycles. The molecule has 0 saturated heterocycles. The van der Waals surface area contributed by atoms with Crippen molar-refractivity contribution < 1.29 is 0 Å². The smallest absolute Gasteiger partial charge is 0.0642 e. The van der Waals surface area contributed by atoms with Crippen molar-refractivity contribution in [2.75, 3.05) is 24.5 Å². The quantitative estimate of drug-likeness (QED) is 0.853. The first-order chi connectivity index (χ1) is 8.18. The highest BCUT2D eigenvalue weighted by atomic mass is 35.5. The first-order valence-corrected chi connectivity index (χ1v) is 6.85. The van der Waals surface area contributed by atoms with Gasteiger partial charge >= 0.3 is 0 Å². The predicted molar refractivity (Wildman–Crippen MR) is 80.5 cm³/mol. The molecule has 0 fully saturated rings. The second-order valence-corrected chi connectivity index (χ2v) is 5.77. The Morgan fingerprint density at radius 3 is 2.89 bits per heavy atom. The van der Waals surface area contributed by atoms with Crippen LogP contribution in [-0.2, 0) is 6.42 Å². The Labute approximate surface area is 120 Å². The van der Waals surface area contributed by atoms with Crippen molar-refractivity contribution in [1.82, 2.24) is 5.32 Å². The molecule has 1 atom stereocenters. The van der Waals surface area contributed by atoms with Gasteiger partial charge in [-0.2, -0.15) is 0 Å². The van der Waals surface area contributed by atoms with Crippen LogP contribution in [0.25, 0.3) is 0 Å². The van der Waals surface area contributed by atoms with E-state index >= 15 is 0 Å². The minimum atomic E-state index is 0. The molecule has 2 aliphatic heterocycles. The molecule has 0 radical (unpaired) electrons. The standard InChI is InChI=1S/C14H19ClN2.ClH/c1-9(2)17-8-11-7-16-6-5-10-3-4-12(15)14(17)13(10)11;/h3-4,9,11,16H,5-8H2,1-2H3;1H. The highest BCUT2D eigenvalue weighted by Gasteiger charge is 2.34. The highest BCUT2D eigenvalue weighted by molar-refractivity contribution is 6.33. The number of halogens is 2. The molecule has 1 aromatic carbocycles. The number of benzene rings is 1. The molecule has 0 aliphatic carbocycles. The third-order valence-corrected chi connectivity index (χ3v) is 4.26. The van der Waals surface area contributed by atoms with Crippen LogP contribution in [0.1, 0.15) is 30.9 Å². The van der Waals surface area contributed by atoms with Crippen LogP contribution in [0, 0.1) is 0 Å². The van der Waals surface area contributed by atoms with Gasteiger partial charge in [-0.15, -0.1) is 12.4 Å². The van der Waals surface area contributed by atoms with Crippen LogP contribution in [0.3, 0.4) is 0 Å². The first-order valence-electron chi connectivity index (χ1n) is 6.47. The second kappa shape index (κ2) is 5.28. The third-order valence-electron chi connectivity index (χ3n) is 3.96. The minimum Gasteiger partial charge on any atom is -0.367 e. The number of hydrogen-bond donors (Lipinski definition) is 1. The molecule has 0 spiro atoms. The Morgan fingerprint density at radius 2 is 2.17 bits per heavy atom. The number of rotatable bonds is 1. The molecular formula is C14H20Cl2N2. The molecule has 3 rings (SSSR count). The fourth-order valence-electron chi connectivity index (χ4n) is 3.14. The Morgan fingerprint density at radius 1 is 1.39 bits per heavy atom. The van der Waals surface area contributed by atoms with Crippen molar-refractivity contribution >= 4 is 29.7 Å². The highest BCUT2D eigenvalue weighted by Crippen LogP contribution is 2.44. The zero-order chi connectivity index (χ0) is 12.0. The first kappa shape index (κ1) is 14.0. The molecule has 2 heterocycles. The second-order valence-electron chi connectivity index (χ2n) is 5.37. The van der Waals surface area contributed by atoms with Crippen LogP contribution in [-0.4, -0.2) is 25.7 Å². The van der Waals surface area contributed by atoms with Gasteiger partial charge < -0.3 is 10.2 Å². The van der Waals surface area contributed by atoms with E-state index < -0.39 is 0 Å². The van der Waals surface area contributed by atoms with Crippen molar-refractivity contribution in [3.8, 4) is 0 Å². The van der Waals surface area contributed by atoms with E-state index in [2.05, 4.69) is 36.2 Å². The number of nitrogens with zero attached hydrogens (tertiary/aromatic N) is 1. The van der Waals surface area contributed by atoms with Gasteiger partial charge in [-0.3, -0.25) is 0 Å². The summed E-state index contributed by atoms with van der Waals surface area (Å²) in [4.78, 5) is 2.46. The molecule has 0 bridgehead atoms. The van der Waals surface area contributed by atoms with Gasteiger partial charge in [0.05, 0.1) is 10.7 Å². The lowest BCUT2D eigenvalue weighted by atomic mass is 9.95. The van der Waals surface area contributed by atoms with Gasteiger partial charge in [0.2, 0.25) is 0 Å². The lowest BCUT2D eigenvalue weighted by molar-refractivity contribution is 0.594.